The molecule has 1 aromatic carbocycles. The van der Waals surface area contributed by atoms with E-state index in [1.54, 1.807) is 12.4 Å². The summed E-state index contributed by atoms with van der Waals surface area (Å²) in [6.07, 6.45) is 11.4. The zero-order chi connectivity index (χ0) is 25.7. The molecule has 2 aliphatic heterocycles. The zero-order valence-corrected chi connectivity index (χ0v) is 22.3. The number of nitrogens with one attached hydrogen (secondary N) is 2. The Morgan fingerprint density at radius 3 is 2.08 bits per heavy atom. The highest BCUT2D eigenvalue weighted by atomic mass is 16.2. The first kappa shape index (κ1) is 25.7. The summed E-state index contributed by atoms with van der Waals surface area (Å²) in [5.41, 5.74) is 2.64. The first-order valence-electron chi connectivity index (χ1n) is 13.7. The molecule has 2 aliphatic rings. The summed E-state index contributed by atoms with van der Waals surface area (Å²) < 4.78 is 0. The van der Waals surface area contributed by atoms with Gasteiger partial charge in [0, 0.05) is 51.0 Å². The van der Waals surface area contributed by atoms with Gasteiger partial charge >= 0.3 is 0 Å². The zero-order valence-electron chi connectivity index (χ0n) is 22.3. The number of hydrogen-bond acceptors (Lipinski definition) is 5. The number of likely N-dealkylation sites (tertiary alicyclic amines) is 2. The Morgan fingerprint density at radius 1 is 0.919 bits per heavy atom. The van der Waals surface area contributed by atoms with Crippen molar-refractivity contribution in [2.75, 3.05) is 32.7 Å². The van der Waals surface area contributed by atoms with E-state index in [9.17, 15) is 4.79 Å². The highest BCUT2D eigenvalue weighted by Gasteiger charge is 2.41. The van der Waals surface area contributed by atoms with E-state index in [1.165, 1.54) is 38.0 Å². The molecule has 0 bridgehead atoms. The van der Waals surface area contributed by atoms with Gasteiger partial charge < -0.3 is 19.8 Å². The lowest BCUT2D eigenvalue weighted by Crippen LogP contribution is -2.43. The lowest BCUT2D eigenvalue weighted by Gasteiger charge is -2.39. The Bertz CT molecular complexity index is 1060. The number of carbonyl (C=O) groups is 1. The van der Waals surface area contributed by atoms with E-state index in [1.807, 2.05) is 12.4 Å². The number of aromatic amines is 2. The van der Waals surface area contributed by atoms with Crippen molar-refractivity contribution in [2.24, 2.45) is 11.3 Å². The number of benzene rings is 1. The molecule has 2 saturated heterocycles. The average Bonchev–Trinajstić information content (AvgIpc) is 3.65. The lowest BCUT2D eigenvalue weighted by molar-refractivity contribution is -0.130. The Morgan fingerprint density at radius 2 is 1.51 bits per heavy atom. The predicted octanol–water partition coefficient (Wildman–Crippen LogP) is 3.85. The van der Waals surface area contributed by atoms with Crippen LogP contribution in [-0.4, -0.2) is 73.3 Å². The third kappa shape index (κ3) is 6.87. The summed E-state index contributed by atoms with van der Waals surface area (Å²) in [6, 6.07) is 8.52. The molecule has 3 aromatic rings. The molecule has 2 fully saturated rings. The molecule has 0 aliphatic carbocycles. The predicted molar refractivity (Wildman–Crippen MR) is 144 cm³/mol. The quantitative estimate of drug-likeness (QED) is 0.439. The molecular formula is C29H41N7O. The number of imidazole rings is 2. The van der Waals surface area contributed by atoms with Gasteiger partial charge in [0.25, 0.3) is 0 Å². The molecule has 1 amide bonds. The van der Waals surface area contributed by atoms with Crippen molar-refractivity contribution >= 4 is 5.91 Å². The number of H-pyrrole nitrogens is 2. The van der Waals surface area contributed by atoms with E-state index in [4.69, 9.17) is 0 Å². The van der Waals surface area contributed by atoms with Gasteiger partial charge in [0.1, 0.15) is 11.6 Å². The topological polar surface area (TPSA) is 84.2 Å². The van der Waals surface area contributed by atoms with Crippen molar-refractivity contribution in [3.8, 4) is 0 Å². The van der Waals surface area contributed by atoms with Crippen LogP contribution in [0, 0.1) is 11.3 Å². The minimum Gasteiger partial charge on any atom is -0.348 e. The maximum Gasteiger partial charge on any atom is 0.227 e. The third-order valence-corrected chi connectivity index (χ3v) is 7.97. The maximum absolute atomic E-state index is 13.2. The molecule has 0 saturated carbocycles. The van der Waals surface area contributed by atoms with Gasteiger partial charge in [0.15, 0.2) is 0 Å². The second-order valence-electron chi connectivity index (χ2n) is 11.5. The molecule has 0 atom stereocenters. The Balaban J connectivity index is 1.13. The van der Waals surface area contributed by atoms with E-state index >= 15 is 0 Å². The van der Waals surface area contributed by atoms with Crippen LogP contribution in [0.4, 0.5) is 0 Å². The van der Waals surface area contributed by atoms with Crippen molar-refractivity contribution < 1.29 is 4.79 Å². The molecule has 198 valence electrons. The van der Waals surface area contributed by atoms with Crippen LogP contribution in [0.5, 0.6) is 0 Å². The van der Waals surface area contributed by atoms with E-state index < -0.39 is 0 Å². The summed E-state index contributed by atoms with van der Waals surface area (Å²) in [7, 11) is 0. The minimum atomic E-state index is 0.270. The number of aromatic nitrogens is 4. The number of rotatable bonds is 10. The fourth-order valence-electron chi connectivity index (χ4n) is 5.95. The van der Waals surface area contributed by atoms with Gasteiger partial charge in [0.05, 0.1) is 19.5 Å². The lowest BCUT2D eigenvalue weighted by atomic mass is 9.77. The van der Waals surface area contributed by atoms with Gasteiger partial charge in [-0.2, -0.15) is 0 Å². The normalized spacial score (nSPS) is 17.9. The third-order valence-electron chi connectivity index (χ3n) is 7.97. The van der Waals surface area contributed by atoms with Crippen molar-refractivity contribution in [1.29, 1.82) is 0 Å². The van der Waals surface area contributed by atoms with Gasteiger partial charge in [0.2, 0.25) is 5.91 Å². The van der Waals surface area contributed by atoms with Crippen molar-refractivity contribution in [3.63, 3.8) is 0 Å². The van der Waals surface area contributed by atoms with Gasteiger partial charge in [-0.05, 0) is 54.8 Å². The highest BCUT2D eigenvalue weighted by molar-refractivity contribution is 5.79. The Kier molecular flexibility index (Phi) is 8.05. The van der Waals surface area contributed by atoms with Crippen LogP contribution in [0.2, 0.25) is 0 Å². The Hall–Kier alpha value is -2.97. The molecule has 0 unspecified atom stereocenters. The summed E-state index contributed by atoms with van der Waals surface area (Å²) in [4.78, 5) is 35.3. The largest absolute Gasteiger partial charge is 0.348 e. The molecule has 8 nitrogen and oxygen atoms in total. The van der Waals surface area contributed by atoms with Gasteiger partial charge in [-0.25, -0.2) is 9.97 Å². The van der Waals surface area contributed by atoms with Crippen molar-refractivity contribution in [3.05, 3.63) is 71.8 Å². The van der Waals surface area contributed by atoms with Crippen LogP contribution >= 0.6 is 0 Å². The smallest absolute Gasteiger partial charge is 0.227 e. The number of amides is 1. The SMILES string of the molecule is CC(C)CN1CCC2(CC1)CCN(C(=O)Cc1ccc(CN(Cc3ncc[nH]3)Cc3ncc[nH]3)cc1)C2. The monoisotopic (exact) mass is 503 g/mol. The van der Waals surface area contributed by atoms with E-state index in [2.05, 4.69) is 72.7 Å². The van der Waals surface area contributed by atoms with Gasteiger partial charge in [-0.15, -0.1) is 0 Å². The molecule has 5 rings (SSSR count). The van der Waals surface area contributed by atoms with Crippen LogP contribution in [0.15, 0.2) is 49.1 Å². The van der Waals surface area contributed by atoms with Crippen molar-refractivity contribution in [1.82, 2.24) is 34.6 Å². The first-order valence-corrected chi connectivity index (χ1v) is 13.7. The van der Waals surface area contributed by atoms with Crippen LogP contribution < -0.4 is 0 Å². The molecule has 2 aromatic heterocycles. The summed E-state index contributed by atoms with van der Waals surface area (Å²) in [5.74, 6) is 2.86. The van der Waals surface area contributed by atoms with E-state index in [0.29, 0.717) is 24.9 Å². The maximum atomic E-state index is 13.2. The molecule has 2 N–H and O–H groups in total. The summed E-state index contributed by atoms with van der Waals surface area (Å²) in [6.45, 7) is 12.2. The molecule has 8 heteroatoms. The van der Waals surface area contributed by atoms with Gasteiger partial charge in [-0.3, -0.25) is 9.69 Å². The van der Waals surface area contributed by atoms with E-state index in [0.717, 1.165) is 49.2 Å². The summed E-state index contributed by atoms with van der Waals surface area (Å²) in [5, 5.41) is 0. The summed E-state index contributed by atoms with van der Waals surface area (Å²) >= 11 is 0. The van der Waals surface area contributed by atoms with Crippen LogP contribution in [-0.2, 0) is 30.8 Å². The Labute approximate surface area is 220 Å². The fourth-order valence-corrected chi connectivity index (χ4v) is 5.95. The standard InChI is InChI=1S/C29H41N7O/c1-23(2)18-34-14-7-29(8-15-34)9-16-36(22-29)28(37)17-24-3-5-25(6-4-24)19-35(20-26-30-10-11-31-26)21-27-32-12-13-33-27/h3-6,10-13,23H,7-9,14-22H2,1-2H3,(H,30,31)(H,32,33). The molecule has 4 heterocycles. The van der Waals surface area contributed by atoms with Crippen molar-refractivity contribution in [2.45, 2.75) is 59.2 Å². The second-order valence-corrected chi connectivity index (χ2v) is 11.5. The van der Waals surface area contributed by atoms with Gasteiger partial charge in [-0.1, -0.05) is 38.1 Å². The fraction of sp³-hybridized carbons (Fsp3) is 0.552. The number of carbonyl (C=O) groups excluding carboxylic acids is 1. The molecule has 0 radical (unpaired) electrons. The van der Waals surface area contributed by atoms with Crippen LogP contribution in [0.25, 0.3) is 0 Å². The molecular weight excluding hydrogens is 462 g/mol. The van der Waals surface area contributed by atoms with Crippen LogP contribution in [0.1, 0.15) is 55.9 Å². The average molecular weight is 504 g/mol. The number of piperidine rings is 1. The highest BCUT2D eigenvalue weighted by Crippen LogP contribution is 2.40. The molecule has 37 heavy (non-hydrogen) atoms. The molecule has 1 spiro atoms. The van der Waals surface area contributed by atoms with Crippen LogP contribution in [0.3, 0.4) is 0 Å². The first-order chi connectivity index (χ1) is 18.0. The van der Waals surface area contributed by atoms with E-state index in [-0.39, 0.29) is 5.91 Å². The second kappa shape index (κ2) is 11.6. The number of nitrogens with zero attached hydrogens (tertiary/aromatic N) is 5. The minimum absolute atomic E-state index is 0.270. The number of hydrogen-bond donors (Lipinski definition) is 2.